The van der Waals surface area contributed by atoms with E-state index >= 15 is 0 Å². The van der Waals surface area contributed by atoms with Crippen molar-refractivity contribution in [1.82, 2.24) is 0 Å². The molecule has 0 radical (unpaired) electrons. The number of halogens is 1. The molecular weight excluding hydrogens is 306 g/mol. The minimum absolute atomic E-state index is 0.176. The van der Waals surface area contributed by atoms with E-state index in [0.717, 1.165) is 0 Å². The number of nitro benzene ring substituents is 1. The van der Waals surface area contributed by atoms with Crippen molar-refractivity contribution in [3.05, 3.63) is 39.4 Å². The number of hydrogen-bond donors (Lipinski definition) is 1. The van der Waals surface area contributed by atoms with Gasteiger partial charge in [-0.2, -0.15) is 0 Å². The highest BCUT2D eigenvalue weighted by molar-refractivity contribution is 9.09. The Morgan fingerprint density at radius 3 is 2.56 bits per heavy atom. The number of carbonyl (C=O) groups excluding carboxylic acids is 1. The zero-order valence-electron chi connectivity index (χ0n) is 9.42. The van der Waals surface area contributed by atoms with Crippen molar-refractivity contribution in [2.45, 2.75) is 18.2 Å². The van der Waals surface area contributed by atoms with Crippen LogP contribution in [0.5, 0.6) is 0 Å². The van der Waals surface area contributed by atoms with Crippen LogP contribution in [-0.2, 0) is 16.0 Å². The predicted octanol–water partition coefficient (Wildman–Crippen LogP) is 2.25. The number of benzene rings is 1. The topological polar surface area (TPSA) is 97.5 Å². The van der Waals surface area contributed by atoms with Crippen LogP contribution in [0.2, 0.25) is 0 Å². The lowest BCUT2D eigenvalue weighted by molar-refractivity contribution is -0.384. The molecule has 0 saturated carbocycles. The number of carbonyl (C=O) groups is 2. The van der Waals surface area contributed by atoms with Crippen LogP contribution in [0.3, 0.4) is 0 Å². The number of aliphatic carboxylic acids is 1. The van der Waals surface area contributed by atoms with Crippen molar-refractivity contribution in [2.24, 2.45) is 0 Å². The van der Waals surface area contributed by atoms with Crippen LogP contribution in [0.4, 0.5) is 5.69 Å². The molecule has 7 heteroatoms. The van der Waals surface area contributed by atoms with Gasteiger partial charge in [-0.25, -0.2) is 0 Å². The van der Waals surface area contributed by atoms with E-state index in [1.807, 2.05) is 0 Å². The standard InChI is InChI=1S/C11H10BrNO5/c1-6(14)11(12)9-5-8(13(17)18)3-2-7(9)4-10(15)16/h2-3,5,11H,4H2,1H3,(H,15,16). The van der Waals surface area contributed by atoms with E-state index in [1.165, 1.54) is 25.1 Å². The first kappa shape index (κ1) is 14.3. The van der Waals surface area contributed by atoms with Crippen LogP contribution in [-0.4, -0.2) is 21.8 Å². The van der Waals surface area contributed by atoms with Gasteiger partial charge < -0.3 is 5.11 Å². The number of carboxylic acids is 1. The number of Topliss-reactive ketones (excluding diaryl/α,β-unsaturated/α-hetero) is 1. The van der Waals surface area contributed by atoms with Gasteiger partial charge in [-0.1, -0.05) is 22.0 Å². The second-order valence-electron chi connectivity index (χ2n) is 3.68. The second kappa shape index (κ2) is 5.72. The fourth-order valence-corrected chi connectivity index (χ4v) is 1.90. The molecule has 0 bridgehead atoms. The molecule has 0 amide bonds. The third-order valence-electron chi connectivity index (χ3n) is 2.31. The number of alkyl halides is 1. The Hall–Kier alpha value is -1.76. The Morgan fingerprint density at radius 1 is 1.50 bits per heavy atom. The molecule has 6 nitrogen and oxygen atoms in total. The molecule has 1 unspecified atom stereocenters. The van der Waals surface area contributed by atoms with E-state index in [1.54, 1.807) is 0 Å². The SMILES string of the molecule is CC(=O)C(Br)c1cc([N+](=O)[O-])ccc1CC(=O)O. The van der Waals surface area contributed by atoms with Crippen molar-refractivity contribution in [3.8, 4) is 0 Å². The summed E-state index contributed by atoms with van der Waals surface area (Å²) in [5.74, 6) is -1.31. The number of nitrogens with zero attached hydrogens (tertiary/aromatic N) is 1. The Bertz CT molecular complexity index is 514. The van der Waals surface area contributed by atoms with Crippen LogP contribution in [0, 0.1) is 10.1 Å². The van der Waals surface area contributed by atoms with Gasteiger partial charge in [0.05, 0.1) is 16.2 Å². The first-order chi connectivity index (χ1) is 8.32. The van der Waals surface area contributed by atoms with Gasteiger partial charge in [-0.3, -0.25) is 19.7 Å². The van der Waals surface area contributed by atoms with Crippen molar-refractivity contribution in [1.29, 1.82) is 0 Å². The molecular formula is C11H10BrNO5. The van der Waals surface area contributed by atoms with Crippen LogP contribution in [0.25, 0.3) is 0 Å². The molecule has 1 atom stereocenters. The summed E-state index contributed by atoms with van der Waals surface area (Å²) in [6.45, 7) is 1.32. The number of ketones is 1. The first-order valence-electron chi connectivity index (χ1n) is 4.96. The van der Waals surface area contributed by atoms with E-state index in [-0.39, 0.29) is 17.9 Å². The smallest absolute Gasteiger partial charge is 0.307 e. The lowest BCUT2D eigenvalue weighted by atomic mass is 9.99. The maximum absolute atomic E-state index is 11.3. The molecule has 0 aliphatic carbocycles. The normalized spacial score (nSPS) is 11.9. The van der Waals surface area contributed by atoms with Gasteiger partial charge in [0.2, 0.25) is 0 Å². The summed E-state index contributed by atoms with van der Waals surface area (Å²) in [5.41, 5.74) is 0.522. The highest BCUT2D eigenvalue weighted by Gasteiger charge is 2.21. The maximum Gasteiger partial charge on any atom is 0.307 e. The predicted molar refractivity (Wildman–Crippen MR) is 66.8 cm³/mol. The van der Waals surface area contributed by atoms with E-state index in [2.05, 4.69) is 15.9 Å². The molecule has 1 rings (SSSR count). The lowest BCUT2D eigenvalue weighted by Crippen LogP contribution is -2.09. The number of non-ortho nitro benzene ring substituents is 1. The molecule has 0 fully saturated rings. The first-order valence-corrected chi connectivity index (χ1v) is 5.88. The summed E-state index contributed by atoms with van der Waals surface area (Å²) in [5, 5.41) is 19.4. The third-order valence-corrected chi connectivity index (χ3v) is 3.45. The largest absolute Gasteiger partial charge is 0.481 e. The molecule has 0 spiro atoms. The highest BCUT2D eigenvalue weighted by Crippen LogP contribution is 2.30. The Morgan fingerprint density at radius 2 is 2.11 bits per heavy atom. The zero-order chi connectivity index (χ0) is 13.9. The zero-order valence-corrected chi connectivity index (χ0v) is 11.0. The number of rotatable bonds is 5. The summed E-state index contributed by atoms with van der Waals surface area (Å²) in [7, 11) is 0. The van der Waals surface area contributed by atoms with E-state index in [0.29, 0.717) is 11.1 Å². The molecule has 18 heavy (non-hydrogen) atoms. The molecule has 1 aromatic carbocycles. The molecule has 1 N–H and O–H groups in total. The van der Waals surface area contributed by atoms with Gasteiger partial charge in [0, 0.05) is 12.1 Å². The van der Waals surface area contributed by atoms with E-state index in [4.69, 9.17) is 5.11 Å². The fourth-order valence-electron chi connectivity index (χ4n) is 1.47. The molecule has 1 aromatic rings. The van der Waals surface area contributed by atoms with Crippen molar-refractivity contribution in [3.63, 3.8) is 0 Å². The van der Waals surface area contributed by atoms with Crippen LogP contribution in [0.15, 0.2) is 18.2 Å². The Kier molecular flexibility index (Phi) is 4.55. The van der Waals surface area contributed by atoms with Crippen LogP contribution in [0.1, 0.15) is 22.9 Å². The van der Waals surface area contributed by atoms with Gasteiger partial charge in [0.15, 0.2) is 0 Å². The van der Waals surface area contributed by atoms with Gasteiger partial charge in [0.1, 0.15) is 5.78 Å². The summed E-state index contributed by atoms with van der Waals surface area (Å²) < 4.78 is 0. The van der Waals surface area contributed by atoms with E-state index in [9.17, 15) is 19.7 Å². The highest BCUT2D eigenvalue weighted by atomic mass is 79.9. The van der Waals surface area contributed by atoms with Gasteiger partial charge in [0.25, 0.3) is 5.69 Å². The quantitative estimate of drug-likeness (QED) is 0.510. The average Bonchev–Trinajstić information content (AvgIpc) is 2.27. The number of hydrogen-bond acceptors (Lipinski definition) is 4. The summed E-state index contributed by atoms with van der Waals surface area (Å²) in [6.07, 6.45) is -0.289. The van der Waals surface area contributed by atoms with E-state index < -0.39 is 15.7 Å². The molecule has 0 aliphatic heterocycles. The maximum atomic E-state index is 11.3. The van der Waals surface area contributed by atoms with Gasteiger partial charge in [-0.15, -0.1) is 0 Å². The lowest BCUT2D eigenvalue weighted by Gasteiger charge is -2.11. The van der Waals surface area contributed by atoms with Crippen LogP contribution < -0.4 is 0 Å². The molecule has 0 aromatic heterocycles. The minimum Gasteiger partial charge on any atom is -0.481 e. The monoisotopic (exact) mass is 315 g/mol. The summed E-state index contributed by atoms with van der Waals surface area (Å²) in [4.78, 5) is 31.3. The number of carboxylic acid groups (broad SMARTS) is 1. The Balaban J connectivity index is 3.30. The fraction of sp³-hybridized carbons (Fsp3) is 0.273. The van der Waals surface area contributed by atoms with Crippen LogP contribution >= 0.6 is 15.9 Å². The molecule has 96 valence electrons. The second-order valence-corrected chi connectivity index (χ2v) is 4.60. The minimum atomic E-state index is -1.06. The van der Waals surface area contributed by atoms with Crippen molar-refractivity contribution in [2.75, 3.05) is 0 Å². The number of nitro groups is 1. The molecule has 0 heterocycles. The van der Waals surface area contributed by atoms with Gasteiger partial charge >= 0.3 is 5.97 Å². The summed E-state index contributed by atoms with van der Waals surface area (Å²) >= 11 is 3.11. The molecule has 0 saturated heterocycles. The third kappa shape index (κ3) is 3.36. The molecule has 0 aliphatic rings. The average molecular weight is 316 g/mol. The van der Waals surface area contributed by atoms with Gasteiger partial charge in [-0.05, 0) is 18.1 Å². The summed E-state index contributed by atoms with van der Waals surface area (Å²) in [6, 6.07) is 3.81. The van der Waals surface area contributed by atoms with Crippen molar-refractivity contribution >= 4 is 33.4 Å². The Labute approximate surface area is 111 Å². The van der Waals surface area contributed by atoms with Crippen molar-refractivity contribution < 1.29 is 19.6 Å².